The summed E-state index contributed by atoms with van der Waals surface area (Å²) >= 11 is 0. The van der Waals surface area contributed by atoms with Gasteiger partial charge in [0.2, 0.25) is 0 Å². The van der Waals surface area contributed by atoms with Crippen LogP contribution >= 0.6 is 0 Å². The first kappa shape index (κ1) is 10.3. The van der Waals surface area contributed by atoms with Gasteiger partial charge in [-0.05, 0) is 25.7 Å². The van der Waals surface area contributed by atoms with E-state index in [1.54, 1.807) is 0 Å². The second-order valence-corrected chi connectivity index (χ2v) is 4.75. The molecule has 4 heteroatoms. The van der Waals surface area contributed by atoms with Crippen molar-refractivity contribution in [1.82, 2.24) is 9.55 Å². The number of fused-ring (bicyclic) bond motifs is 1. The summed E-state index contributed by atoms with van der Waals surface area (Å²) in [6, 6.07) is 0. The minimum atomic E-state index is -0.320. The number of imidazole rings is 1. The van der Waals surface area contributed by atoms with Crippen LogP contribution in [0.2, 0.25) is 0 Å². The lowest BCUT2D eigenvalue weighted by atomic mass is 10.1. The normalized spacial score (nSPS) is 29.3. The zero-order valence-corrected chi connectivity index (χ0v) is 9.43. The largest absolute Gasteiger partial charge is 0.387 e. The minimum Gasteiger partial charge on any atom is -0.387 e. The van der Waals surface area contributed by atoms with E-state index in [4.69, 9.17) is 4.74 Å². The lowest BCUT2D eigenvalue weighted by Gasteiger charge is -2.21. The van der Waals surface area contributed by atoms with Gasteiger partial charge in [0, 0.05) is 19.6 Å². The van der Waals surface area contributed by atoms with E-state index in [0.29, 0.717) is 6.10 Å². The van der Waals surface area contributed by atoms with Crippen LogP contribution in [0.5, 0.6) is 0 Å². The van der Waals surface area contributed by atoms with Gasteiger partial charge in [-0.25, -0.2) is 4.98 Å². The lowest BCUT2D eigenvalue weighted by Crippen LogP contribution is -2.19. The third-order valence-corrected chi connectivity index (χ3v) is 3.60. The number of hydrogen-bond donors (Lipinski definition) is 1. The molecular formula is C12H18N2O2. The summed E-state index contributed by atoms with van der Waals surface area (Å²) in [5.74, 6) is 1.08. The van der Waals surface area contributed by atoms with Crippen molar-refractivity contribution in [3.05, 3.63) is 17.7 Å². The smallest absolute Gasteiger partial charge is 0.111 e. The Bertz CT molecular complexity index is 369. The maximum Gasteiger partial charge on any atom is 0.111 e. The first-order chi connectivity index (χ1) is 7.84. The Hall–Kier alpha value is -0.870. The molecule has 0 bridgehead atoms. The summed E-state index contributed by atoms with van der Waals surface area (Å²) in [6.45, 7) is 1.88. The zero-order valence-electron chi connectivity index (χ0n) is 9.43. The SMILES string of the molecule is OC1CCCn2c1cnc2CC1CCCO1. The second-order valence-electron chi connectivity index (χ2n) is 4.75. The zero-order chi connectivity index (χ0) is 11.0. The first-order valence-electron chi connectivity index (χ1n) is 6.18. The molecule has 1 aromatic heterocycles. The molecule has 0 aromatic carbocycles. The molecule has 1 N–H and O–H groups in total. The van der Waals surface area contributed by atoms with Crippen LogP contribution in [0, 0.1) is 0 Å². The molecule has 16 heavy (non-hydrogen) atoms. The van der Waals surface area contributed by atoms with Gasteiger partial charge in [0.25, 0.3) is 0 Å². The van der Waals surface area contributed by atoms with Crippen LogP contribution in [-0.4, -0.2) is 27.4 Å². The molecule has 4 nitrogen and oxygen atoms in total. The summed E-state index contributed by atoms with van der Waals surface area (Å²) in [4.78, 5) is 4.43. The van der Waals surface area contributed by atoms with Crippen LogP contribution < -0.4 is 0 Å². The third-order valence-electron chi connectivity index (χ3n) is 3.60. The van der Waals surface area contributed by atoms with E-state index >= 15 is 0 Å². The van der Waals surface area contributed by atoms with Gasteiger partial charge in [-0.2, -0.15) is 0 Å². The van der Waals surface area contributed by atoms with Crippen LogP contribution in [0.3, 0.4) is 0 Å². The number of ether oxygens (including phenoxy) is 1. The average Bonchev–Trinajstić information content (AvgIpc) is 2.90. The molecule has 3 rings (SSSR count). The standard InChI is InChI=1S/C12H18N2O2/c15-11-4-1-5-14-10(11)8-13-12(14)7-9-3-2-6-16-9/h8-9,11,15H,1-7H2. The molecule has 1 fully saturated rings. The van der Waals surface area contributed by atoms with Crippen molar-refractivity contribution in [2.45, 2.75) is 50.9 Å². The van der Waals surface area contributed by atoms with Crippen LogP contribution in [-0.2, 0) is 17.7 Å². The highest BCUT2D eigenvalue weighted by Crippen LogP contribution is 2.27. The third kappa shape index (κ3) is 1.76. The Labute approximate surface area is 95.3 Å². The highest BCUT2D eigenvalue weighted by molar-refractivity contribution is 5.11. The van der Waals surface area contributed by atoms with E-state index in [0.717, 1.165) is 50.4 Å². The van der Waals surface area contributed by atoms with Crippen LogP contribution in [0.25, 0.3) is 0 Å². The molecule has 0 amide bonds. The van der Waals surface area contributed by atoms with E-state index in [1.807, 2.05) is 6.20 Å². The monoisotopic (exact) mass is 222 g/mol. The number of aromatic nitrogens is 2. The average molecular weight is 222 g/mol. The van der Waals surface area contributed by atoms with Crippen LogP contribution in [0.4, 0.5) is 0 Å². The Balaban J connectivity index is 1.79. The van der Waals surface area contributed by atoms with Gasteiger partial charge in [-0.15, -0.1) is 0 Å². The van der Waals surface area contributed by atoms with Crippen molar-refractivity contribution in [1.29, 1.82) is 0 Å². The fourth-order valence-electron chi connectivity index (χ4n) is 2.72. The predicted molar refractivity (Wildman–Crippen MR) is 59.1 cm³/mol. The quantitative estimate of drug-likeness (QED) is 0.823. The van der Waals surface area contributed by atoms with Crippen molar-refractivity contribution in [2.24, 2.45) is 0 Å². The summed E-state index contributed by atoms with van der Waals surface area (Å²) < 4.78 is 7.80. The first-order valence-corrected chi connectivity index (χ1v) is 6.18. The second kappa shape index (κ2) is 4.18. The Morgan fingerprint density at radius 1 is 1.44 bits per heavy atom. The summed E-state index contributed by atoms with van der Waals surface area (Å²) in [5, 5.41) is 9.84. The molecule has 0 radical (unpaired) electrons. The minimum absolute atomic E-state index is 0.320. The summed E-state index contributed by atoms with van der Waals surface area (Å²) in [5.41, 5.74) is 0.985. The highest BCUT2D eigenvalue weighted by Gasteiger charge is 2.24. The molecule has 2 aliphatic heterocycles. The van der Waals surface area contributed by atoms with Crippen LogP contribution in [0.1, 0.15) is 43.3 Å². The molecule has 1 saturated heterocycles. The summed E-state index contributed by atoms with van der Waals surface area (Å²) in [6.07, 6.45) is 6.96. The van der Waals surface area contributed by atoms with E-state index in [-0.39, 0.29) is 6.10 Å². The van der Waals surface area contributed by atoms with Crippen molar-refractivity contribution in [3.63, 3.8) is 0 Å². The fraction of sp³-hybridized carbons (Fsp3) is 0.750. The van der Waals surface area contributed by atoms with E-state index in [2.05, 4.69) is 9.55 Å². The lowest BCUT2D eigenvalue weighted by molar-refractivity contribution is 0.107. The summed E-state index contributed by atoms with van der Waals surface area (Å²) in [7, 11) is 0. The van der Waals surface area contributed by atoms with E-state index in [1.165, 1.54) is 6.42 Å². The Morgan fingerprint density at radius 3 is 3.19 bits per heavy atom. The maximum atomic E-state index is 9.84. The maximum absolute atomic E-state index is 9.84. The van der Waals surface area contributed by atoms with Crippen LogP contribution in [0.15, 0.2) is 6.20 Å². The number of aliphatic hydroxyl groups is 1. The number of hydrogen-bond acceptors (Lipinski definition) is 3. The fourth-order valence-corrected chi connectivity index (χ4v) is 2.72. The van der Waals surface area contributed by atoms with Crippen molar-refractivity contribution in [2.75, 3.05) is 6.61 Å². The van der Waals surface area contributed by atoms with Crippen molar-refractivity contribution >= 4 is 0 Å². The Morgan fingerprint density at radius 2 is 2.38 bits per heavy atom. The van der Waals surface area contributed by atoms with Gasteiger partial charge >= 0.3 is 0 Å². The number of rotatable bonds is 2. The van der Waals surface area contributed by atoms with Crippen molar-refractivity contribution < 1.29 is 9.84 Å². The van der Waals surface area contributed by atoms with E-state index in [9.17, 15) is 5.11 Å². The van der Waals surface area contributed by atoms with Gasteiger partial charge in [-0.1, -0.05) is 0 Å². The van der Waals surface area contributed by atoms with E-state index < -0.39 is 0 Å². The van der Waals surface area contributed by atoms with Gasteiger partial charge in [-0.3, -0.25) is 0 Å². The molecule has 2 unspecified atom stereocenters. The molecule has 0 aliphatic carbocycles. The Kier molecular flexibility index (Phi) is 2.69. The van der Waals surface area contributed by atoms with Gasteiger partial charge in [0.15, 0.2) is 0 Å². The van der Waals surface area contributed by atoms with Gasteiger partial charge in [0.1, 0.15) is 5.82 Å². The topological polar surface area (TPSA) is 47.3 Å². The molecule has 88 valence electrons. The van der Waals surface area contributed by atoms with Crippen molar-refractivity contribution in [3.8, 4) is 0 Å². The molecule has 0 saturated carbocycles. The molecule has 1 aromatic rings. The molecule has 2 atom stereocenters. The molecule has 3 heterocycles. The molecular weight excluding hydrogens is 204 g/mol. The van der Waals surface area contributed by atoms with Gasteiger partial charge < -0.3 is 14.4 Å². The van der Waals surface area contributed by atoms with Gasteiger partial charge in [0.05, 0.1) is 24.1 Å². The molecule has 2 aliphatic rings. The molecule has 0 spiro atoms. The number of nitrogens with zero attached hydrogens (tertiary/aromatic N) is 2. The predicted octanol–water partition coefficient (Wildman–Crippen LogP) is 1.43. The highest BCUT2D eigenvalue weighted by atomic mass is 16.5. The number of aliphatic hydroxyl groups excluding tert-OH is 1.